The van der Waals surface area contributed by atoms with Crippen LogP contribution in [0.4, 0.5) is 4.79 Å². The Morgan fingerprint density at radius 2 is 1.92 bits per heavy atom. The molecular formula is C6H12N2O4. The highest BCUT2D eigenvalue weighted by atomic mass is 16.5. The lowest BCUT2D eigenvalue weighted by atomic mass is 10.4. The van der Waals surface area contributed by atoms with Gasteiger partial charge in [-0.3, -0.25) is 4.79 Å². The van der Waals surface area contributed by atoms with Gasteiger partial charge in [-0.15, -0.1) is 0 Å². The number of nitrogens with zero attached hydrogens (tertiary/aromatic N) is 1. The summed E-state index contributed by atoms with van der Waals surface area (Å²) in [6, 6.07) is -0.349. The topological polar surface area (TPSA) is 92.9 Å². The first kappa shape index (κ1) is 10.7. The van der Waals surface area contributed by atoms with Gasteiger partial charge in [0.2, 0.25) is 0 Å². The van der Waals surface area contributed by atoms with Crippen molar-refractivity contribution in [2.45, 2.75) is 0 Å². The van der Waals surface area contributed by atoms with Crippen molar-refractivity contribution >= 4 is 12.5 Å². The highest BCUT2D eigenvalue weighted by molar-refractivity contribution is 5.71. The Balaban J connectivity index is 0.000000354. The maximum absolute atomic E-state index is 10.4. The molecule has 0 atom stereocenters. The summed E-state index contributed by atoms with van der Waals surface area (Å²) in [6.07, 6.45) is 0. The number of nitrogens with two attached hydrogens (primary N) is 1. The number of carbonyl (C=O) groups excluding carboxylic acids is 1. The lowest BCUT2D eigenvalue weighted by Crippen LogP contribution is -2.43. The first-order valence-electron chi connectivity index (χ1n) is 3.42. The molecule has 0 spiro atoms. The van der Waals surface area contributed by atoms with Gasteiger partial charge in [0, 0.05) is 13.1 Å². The predicted octanol–water partition coefficient (Wildman–Crippen LogP) is -0.902. The van der Waals surface area contributed by atoms with Crippen LogP contribution in [0.15, 0.2) is 0 Å². The molecule has 1 saturated heterocycles. The maximum atomic E-state index is 10.4. The number of primary amides is 1. The number of carboxylic acid groups (broad SMARTS) is 1. The van der Waals surface area contributed by atoms with E-state index < -0.39 is 0 Å². The van der Waals surface area contributed by atoms with Crippen molar-refractivity contribution in [3.8, 4) is 0 Å². The molecule has 1 fully saturated rings. The van der Waals surface area contributed by atoms with E-state index >= 15 is 0 Å². The van der Waals surface area contributed by atoms with E-state index in [1.807, 2.05) is 0 Å². The van der Waals surface area contributed by atoms with E-state index in [1.165, 1.54) is 0 Å². The van der Waals surface area contributed by atoms with Gasteiger partial charge in [-0.25, -0.2) is 4.79 Å². The molecule has 12 heavy (non-hydrogen) atoms. The van der Waals surface area contributed by atoms with E-state index in [9.17, 15) is 4.79 Å². The number of hydrogen-bond acceptors (Lipinski definition) is 3. The fraction of sp³-hybridized carbons (Fsp3) is 0.667. The number of urea groups is 1. The molecule has 0 aromatic carbocycles. The minimum atomic E-state index is -0.349. The van der Waals surface area contributed by atoms with E-state index in [4.69, 9.17) is 20.4 Å². The quantitative estimate of drug-likeness (QED) is 0.468. The summed E-state index contributed by atoms with van der Waals surface area (Å²) < 4.78 is 5.00. The first-order chi connectivity index (χ1) is 5.72. The van der Waals surface area contributed by atoms with Crippen molar-refractivity contribution in [1.82, 2.24) is 4.90 Å². The highest BCUT2D eigenvalue weighted by Crippen LogP contribution is 1.94. The van der Waals surface area contributed by atoms with Gasteiger partial charge in [-0.1, -0.05) is 0 Å². The van der Waals surface area contributed by atoms with Crippen LogP contribution in [0.25, 0.3) is 0 Å². The van der Waals surface area contributed by atoms with Crippen LogP contribution in [0.1, 0.15) is 0 Å². The molecule has 1 aliphatic heterocycles. The van der Waals surface area contributed by atoms with Gasteiger partial charge in [0.1, 0.15) is 0 Å². The van der Waals surface area contributed by atoms with E-state index in [-0.39, 0.29) is 12.5 Å². The van der Waals surface area contributed by atoms with Crippen molar-refractivity contribution in [2.75, 3.05) is 26.3 Å². The molecule has 3 N–H and O–H groups in total. The van der Waals surface area contributed by atoms with E-state index in [2.05, 4.69) is 0 Å². The zero-order valence-electron chi connectivity index (χ0n) is 6.60. The van der Waals surface area contributed by atoms with E-state index in [0.717, 1.165) is 0 Å². The predicted molar refractivity (Wildman–Crippen MR) is 40.7 cm³/mol. The van der Waals surface area contributed by atoms with Crippen molar-refractivity contribution < 1.29 is 19.4 Å². The monoisotopic (exact) mass is 176 g/mol. The molecule has 6 nitrogen and oxygen atoms in total. The van der Waals surface area contributed by atoms with Crippen molar-refractivity contribution in [3.63, 3.8) is 0 Å². The van der Waals surface area contributed by atoms with Gasteiger partial charge in [0.15, 0.2) is 0 Å². The number of amides is 2. The van der Waals surface area contributed by atoms with Crippen LogP contribution in [0.2, 0.25) is 0 Å². The normalized spacial score (nSPS) is 15.8. The zero-order chi connectivity index (χ0) is 9.40. The van der Waals surface area contributed by atoms with Crippen molar-refractivity contribution in [2.24, 2.45) is 5.73 Å². The van der Waals surface area contributed by atoms with Gasteiger partial charge in [0.05, 0.1) is 13.2 Å². The van der Waals surface area contributed by atoms with E-state index in [1.54, 1.807) is 4.90 Å². The third kappa shape index (κ3) is 4.51. The van der Waals surface area contributed by atoms with Crippen LogP contribution in [-0.2, 0) is 9.53 Å². The summed E-state index contributed by atoms with van der Waals surface area (Å²) in [4.78, 5) is 20.4. The Hall–Kier alpha value is -1.30. The Kier molecular flexibility index (Phi) is 5.72. The van der Waals surface area contributed by atoms with Crippen LogP contribution in [0, 0.1) is 0 Å². The summed E-state index contributed by atoms with van der Waals surface area (Å²) in [7, 11) is 0. The second kappa shape index (κ2) is 6.41. The van der Waals surface area contributed by atoms with Crippen LogP contribution in [0.5, 0.6) is 0 Å². The lowest BCUT2D eigenvalue weighted by Gasteiger charge is -2.24. The molecule has 6 heteroatoms. The zero-order valence-corrected chi connectivity index (χ0v) is 6.60. The summed E-state index contributed by atoms with van der Waals surface area (Å²) in [5.41, 5.74) is 5.00. The van der Waals surface area contributed by atoms with E-state index in [0.29, 0.717) is 26.3 Å². The molecule has 0 radical (unpaired) electrons. The fourth-order valence-electron chi connectivity index (χ4n) is 0.784. The molecule has 1 heterocycles. The van der Waals surface area contributed by atoms with Gasteiger partial charge in [-0.2, -0.15) is 0 Å². The lowest BCUT2D eigenvalue weighted by molar-refractivity contribution is -0.122. The molecule has 1 rings (SSSR count). The Morgan fingerprint density at radius 3 is 2.17 bits per heavy atom. The molecule has 0 bridgehead atoms. The Morgan fingerprint density at radius 1 is 1.50 bits per heavy atom. The second-order valence-corrected chi connectivity index (χ2v) is 2.04. The fourth-order valence-corrected chi connectivity index (χ4v) is 0.784. The summed E-state index contributed by atoms with van der Waals surface area (Å²) in [5, 5.41) is 6.89. The molecule has 0 aliphatic carbocycles. The third-order valence-corrected chi connectivity index (χ3v) is 1.32. The van der Waals surface area contributed by atoms with Crippen LogP contribution < -0.4 is 5.73 Å². The minimum Gasteiger partial charge on any atom is -0.483 e. The summed E-state index contributed by atoms with van der Waals surface area (Å²) >= 11 is 0. The van der Waals surface area contributed by atoms with Crippen LogP contribution in [0.3, 0.4) is 0 Å². The number of carbonyl (C=O) groups is 2. The standard InChI is InChI=1S/C5H10N2O2.CH2O2/c6-5(8)7-1-3-9-4-2-7;2-1-3/h1-4H2,(H2,6,8);1H,(H,2,3). The molecule has 70 valence electrons. The molecule has 0 aromatic rings. The number of rotatable bonds is 0. The third-order valence-electron chi connectivity index (χ3n) is 1.32. The van der Waals surface area contributed by atoms with Gasteiger partial charge in [0.25, 0.3) is 6.47 Å². The Bertz CT molecular complexity index is 144. The van der Waals surface area contributed by atoms with Gasteiger partial charge in [-0.05, 0) is 0 Å². The number of hydrogen-bond donors (Lipinski definition) is 2. The maximum Gasteiger partial charge on any atom is 0.314 e. The molecule has 0 aromatic heterocycles. The number of ether oxygens (including phenoxy) is 1. The molecule has 2 amide bonds. The smallest absolute Gasteiger partial charge is 0.314 e. The van der Waals surface area contributed by atoms with Crippen LogP contribution in [-0.4, -0.2) is 48.8 Å². The average Bonchev–Trinajstić information content (AvgIpc) is 2.07. The molecule has 0 unspecified atom stereocenters. The summed E-state index contributed by atoms with van der Waals surface area (Å²) in [6.45, 7) is 2.25. The molecule has 1 aliphatic rings. The largest absolute Gasteiger partial charge is 0.483 e. The molecular weight excluding hydrogens is 164 g/mol. The molecule has 0 saturated carbocycles. The SMILES string of the molecule is NC(=O)N1CCOCC1.O=CO. The highest BCUT2D eigenvalue weighted by Gasteiger charge is 2.12. The van der Waals surface area contributed by atoms with Crippen molar-refractivity contribution in [3.05, 3.63) is 0 Å². The average molecular weight is 176 g/mol. The first-order valence-corrected chi connectivity index (χ1v) is 3.42. The second-order valence-electron chi connectivity index (χ2n) is 2.04. The van der Waals surface area contributed by atoms with Gasteiger partial charge < -0.3 is 20.5 Å². The van der Waals surface area contributed by atoms with Gasteiger partial charge >= 0.3 is 6.03 Å². The Labute approximate surface area is 69.9 Å². The van der Waals surface area contributed by atoms with Crippen LogP contribution >= 0.6 is 0 Å². The minimum absolute atomic E-state index is 0.250. The van der Waals surface area contributed by atoms with Crippen molar-refractivity contribution in [1.29, 1.82) is 0 Å². The summed E-state index contributed by atoms with van der Waals surface area (Å²) in [5.74, 6) is 0. The number of morpholine rings is 1.